The first-order valence-electron chi connectivity index (χ1n) is 7.11. The van der Waals surface area contributed by atoms with Crippen molar-refractivity contribution in [1.82, 2.24) is 4.57 Å². The van der Waals surface area contributed by atoms with Gasteiger partial charge in [0.05, 0.1) is 12.3 Å². The van der Waals surface area contributed by atoms with Crippen LogP contribution in [0.5, 0.6) is 0 Å². The molecular formula is C16H21NO3. The number of hydrogen-bond acceptors (Lipinski definition) is 3. The highest BCUT2D eigenvalue weighted by Crippen LogP contribution is 2.40. The summed E-state index contributed by atoms with van der Waals surface area (Å²) >= 11 is 0. The molecule has 108 valence electrons. The second-order valence-electron chi connectivity index (χ2n) is 5.18. The van der Waals surface area contributed by atoms with Crippen molar-refractivity contribution < 1.29 is 14.3 Å². The smallest absolute Gasteiger partial charge is 0.305 e. The molecule has 2 heterocycles. The van der Waals surface area contributed by atoms with Gasteiger partial charge in [0.15, 0.2) is 6.29 Å². The normalized spacial score (nSPS) is 21.1. The third-order valence-corrected chi connectivity index (χ3v) is 4.12. The summed E-state index contributed by atoms with van der Waals surface area (Å²) in [6.07, 6.45) is 5.80. The summed E-state index contributed by atoms with van der Waals surface area (Å²) in [5.74, 6) is -0.173. The molecule has 2 rings (SSSR count). The molecule has 0 amide bonds. The van der Waals surface area contributed by atoms with E-state index in [1.54, 1.807) is 0 Å². The number of rotatable bonds is 6. The van der Waals surface area contributed by atoms with Crippen molar-refractivity contribution in [2.45, 2.75) is 44.6 Å². The Bertz CT molecular complexity index is 518. The van der Waals surface area contributed by atoms with Gasteiger partial charge in [-0.1, -0.05) is 6.08 Å². The molecule has 0 N–H and O–H groups in total. The van der Waals surface area contributed by atoms with Crippen LogP contribution in [0.25, 0.3) is 0 Å². The van der Waals surface area contributed by atoms with E-state index in [-0.39, 0.29) is 11.4 Å². The maximum Gasteiger partial charge on any atom is 0.305 e. The topological polar surface area (TPSA) is 48.3 Å². The van der Waals surface area contributed by atoms with E-state index in [9.17, 15) is 9.59 Å². The molecule has 0 saturated heterocycles. The summed E-state index contributed by atoms with van der Waals surface area (Å²) in [5.41, 5.74) is 1.55. The Morgan fingerprint density at radius 2 is 2.35 bits per heavy atom. The minimum atomic E-state index is -0.230. The third-order valence-electron chi connectivity index (χ3n) is 4.12. The first-order valence-corrected chi connectivity index (χ1v) is 7.11. The maximum absolute atomic E-state index is 11.6. The second kappa shape index (κ2) is 6.07. The molecule has 0 aromatic carbocycles. The van der Waals surface area contributed by atoms with Gasteiger partial charge >= 0.3 is 5.97 Å². The van der Waals surface area contributed by atoms with Gasteiger partial charge in [-0.05, 0) is 38.3 Å². The quantitative estimate of drug-likeness (QED) is 0.455. The van der Waals surface area contributed by atoms with E-state index in [4.69, 9.17) is 4.74 Å². The number of aldehydes is 1. The molecule has 0 saturated carbocycles. The summed E-state index contributed by atoms with van der Waals surface area (Å²) in [6.45, 7) is 7.03. The molecule has 1 aromatic rings. The lowest BCUT2D eigenvalue weighted by atomic mass is 9.74. The van der Waals surface area contributed by atoms with E-state index in [0.29, 0.717) is 25.1 Å². The molecule has 1 atom stereocenters. The van der Waals surface area contributed by atoms with Crippen LogP contribution in [0, 0.1) is 0 Å². The lowest BCUT2D eigenvalue weighted by Gasteiger charge is -2.36. The lowest BCUT2D eigenvalue weighted by molar-refractivity contribution is -0.143. The summed E-state index contributed by atoms with van der Waals surface area (Å²) in [7, 11) is 0. The molecule has 0 fully saturated rings. The van der Waals surface area contributed by atoms with Crippen LogP contribution >= 0.6 is 0 Å². The molecule has 4 heteroatoms. The predicted octanol–water partition coefficient (Wildman–Crippen LogP) is 2.86. The Labute approximate surface area is 119 Å². The fourth-order valence-electron chi connectivity index (χ4n) is 3.07. The number of nitrogens with zero attached hydrogens (tertiary/aromatic N) is 1. The number of allylic oxidation sites excluding steroid dienone is 1. The van der Waals surface area contributed by atoms with Gasteiger partial charge in [0.25, 0.3) is 0 Å². The van der Waals surface area contributed by atoms with Gasteiger partial charge in [-0.3, -0.25) is 9.59 Å². The molecule has 1 aromatic heterocycles. The summed E-state index contributed by atoms with van der Waals surface area (Å²) in [5, 5.41) is 0. The number of carbonyl (C=O) groups excluding carboxylic acids is 2. The molecule has 0 bridgehead atoms. The zero-order valence-corrected chi connectivity index (χ0v) is 11.9. The second-order valence-corrected chi connectivity index (χ2v) is 5.18. The van der Waals surface area contributed by atoms with Gasteiger partial charge in [-0.15, -0.1) is 6.58 Å². The van der Waals surface area contributed by atoms with Crippen molar-refractivity contribution in [3.63, 3.8) is 0 Å². The minimum absolute atomic E-state index is 0.173. The summed E-state index contributed by atoms with van der Waals surface area (Å²) < 4.78 is 7.05. The Morgan fingerprint density at radius 3 is 3.00 bits per heavy atom. The van der Waals surface area contributed by atoms with E-state index in [1.165, 1.54) is 0 Å². The standard InChI is InChI=1S/C16H21NO3/c1-3-16(10-8-15(19)20-4-2)9-5-11-17-13(12-18)6-7-14(16)17/h3,6-7,12H,1,4-5,8-11H2,2H3/t16-/m1/s1. The number of fused-ring (bicyclic) bond motifs is 1. The highest BCUT2D eigenvalue weighted by atomic mass is 16.5. The fraction of sp³-hybridized carbons (Fsp3) is 0.500. The number of esters is 1. The average Bonchev–Trinajstić information content (AvgIpc) is 2.89. The maximum atomic E-state index is 11.6. The van der Waals surface area contributed by atoms with Crippen molar-refractivity contribution in [2.24, 2.45) is 0 Å². The molecule has 0 aliphatic carbocycles. The predicted molar refractivity (Wildman–Crippen MR) is 76.8 cm³/mol. The lowest BCUT2D eigenvalue weighted by Crippen LogP contribution is -2.32. The van der Waals surface area contributed by atoms with E-state index < -0.39 is 0 Å². The minimum Gasteiger partial charge on any atom is -0.466 e. The van der Waals surface area contributed by atoms with Crippen LogP contribution in [0.1, 0.15) is 48.8 Å². The molecule has 0 radical (unpaired) electrons. The highest BCUT2D eigenvalue weighted by Gasteiger charge is 2.35. The first kappa shape index (κ1) is 14.6. The highest BCUT2D eigenvalue weighted by molar-refractivity contribution is 5.73. The van der Waals surface area contributed by atoms with Crippen LogP contribution in [-0.4, -0.2) is 23.4 Å². The average molecular weight is 275 g/mol. The van der Waals surface area contributed by atoms with Crippen LogP contribution < -0.4 is 0 Å². The molecule has 1 aliphatic heterocycles. The molecular weight excluding hydrogens is 254 g/mol. The van der Waals surface area contributed by atoms with Crippen molar-refractivity contribution in [1.29, 1.82) is 0 Å². The number of carbonyl (C=O) groups is 2. The molecule has 0 spiro atoms. The molecule has 0 unspecified atom stereocenters. The first-order chi connectivity index (χ1) is 9.66. The zero-order valence-electron chi connectivity index (χ0n) is 11.9. The number of hydrogen-bond donors (Lipinski definition) is 0. The third kappa shape index (κ3) is 2.55. The monoisotopic (exact) mass is 275 g/mol. The van der Waals surface area contributed by atoms with Gasteiger partial charge in [0.1, 0.15) is 0 Å². The van der Waals surface area contributed by atoms with Gasteiger partial charge in [-0.25, -0.2) is 0 Å². The fourth-order valence-corrected chi connectivity index (χ4v) is 3.07. The van der Waals surface area contributed by atoms with Crippen molar-refractivity contribution in [3.05, 3.63) is 36.2 Å². The van der Waals surface area contributed by atoms with Crippen molar-refractivity contribution >= 4 is 12.3 Å². The van der Waals surface area contributed by atoms with E-state index in [2.05, 4.69) is 6.58 Å². The van der Waals surface area contributed by atoms with Crippen LogP contribution in [0.4, 0.5) is 0 Å². The van der Waals surface area contributed by atoms with Crippen LogP contribution in [0.3, 0.4) is 0 Å². The Balaban J connectivity index is 2.24. The van der Waals surface area contributed by atoms with E-state index >= 15 is 0 Å². The van der Waals surface area contributed by atoms with E-state index in [0.717, 1.165) is 31.4 Å². The van der Waals surface area contributed by atoms with Crippen LogP contribution in [0.2, 0.25) is 0 Å². The van der Waals surface area contributed by atoms with Crippen molar-refractivity contribution in [2.75, 3.05) is 6.61 Å². The summed E-state index contributed by atoms with van der Waals surface area (Å²) in [6, 6.07) is 3.83. The number of aromatic nitrogens is 1. The van der Waals surface area contributed by atoms with Gasteiger partial charge in [-0.2, -0.15) is 0 Å². The van der Waals surface area contributed by atoms with Crippen LogP contribution in [-0.2, 0) is 21.5 Å². The molecule has 20 heavy (non-hydrogen) atoms. The Hall–Kier alpha value is -1.84. The van der Waals surface area contributed by atoms with Crippen molar-refractivity contribution in [3.8, 4) is 0 Å². The van der Waals surface area contributed by atoms with Gasteiger partial charge in [0.2, 0.25) is 0 Å². The number of ether oxygens (including phenoxy) is 1. The Kier molecular flexibility index (Phi) is 4.42. The van der Waals surface area contributed by atoms with Crippen LogP contribution in [0.15, 0.2) is 24.8 Å². The molecule has 1 aliphatic rings. The van der Waals surface area contributed by atoms with Gasteiger partial charge in [0, 0.05) is 24.1 Å². The SMILES string of the molecule is C=C[C@]1(CCC(=O)OCC)CCCn2c(C=O)ccc21. The summed E-state index contributed by atoms with van der Waals surface area (Å²) in [4.78, 5) is 22.7. The largest absolute Gasteiger partial charge is 0.466 e. The van der Waals surface area contributed by atoms with Gasteiger partial charge < -0.3 is 9.30 Å². The molecule has 4 nitrogen and oxygen atoms in total. The van der Waals surface area contributed by atoms with E-state index in [1.807, 2.05) is 29.7 Å². The Morgan fingerprint density at radius 1 is 1.55 bits per heavy atom. The zero-order chi connectivity index (χ0) is 14.6.